The fourth-order valence-corrected chi connectivity index (χ4v) is 4.41. The lowest BCUT2D eigenvalue weighted by Gasteiger charge is -2.25. The number of carbonyl (C=O) groups is 1. The Bertz CT molecular complexity index is 1090. The van der Waals surface area contributed by atoms with Gasteiger partial charge in [0.1, 0.15) is 5.84 Å². The van der Waals surface area contributed by atoms with Gasteiger partial charge in [-0.3, -0.25) is 15.1 Å². The summed E-state index contributed by atoms with van der Waals surface area (Å²) in [6.45, 7) is 5.87. The number of carbonyl (C=O) groups excluding carboxylic acids is 1. The quantitative estimate of drug-likeness (QED) is 0.733. The summed E-state index contributed by atoms with van der Waals surface area (Å²) >= 11 is 7.73. The molecule has 0 spiro atoms. The zero-order chi connectivity index (χ0) is 19.3. The predicted molar refractivity (Wildman–Crippen MR) is 112 cm³/mol. The van der Waals surface area contributed by atoms with Gasteiger partial charge < -0.3 is 4.57 Å². The van der Waals surface area contributed by atoms with E-state index in [-0.39, 0.29) is 17.3 Å². The third-order valence-electron chi connectivity index (χ3n) is 4.65. The molecule has 2 aromatic rings. The van der Waals surface area contributed by atoms with Crippen molar-refractivity contribution in [3.05, 3.63) is 69.0 Å². The molecule has 2 aliphatic rings. The lowest BCUT2D eigenvalue weighted by molar-refractivity contribution is -0.114. The van der Waals surface area contributed by atoms with Crippen LogP contribution in [-0.2, 0) is 4.79 Å². The van der Waals surface area contributed by atoms with E-state index in [2.05, 4.69) is 9.56 Å². The smallest absolute Gasteiger partial charge is 0.283 e. The summed E-state index contributed by atoms with van der Waals surface area (Å²) in [4.78, 5) is 18.3. The molecule has 0 aliphatic carbocycles. The van der Waals surface area contributed by atoms with Crippen LogP contribution >= 0.6 is 23.4 Å². The van der Waals surface area contributed by atoms with Crippen molar-refractivity contribution in [3.63, 3.8) is 0 Å². The molecule has 0 atom stereocenters. The molecular weight excluding hydrogens is 380 g/mol. The second kappa shape index (κ2) is 6.55. The Hall–Kier alpha value is -2.57. The third kappa shape index (κ3) is 2.85. The van der Waals surface area contributed by atoms with Crippen LogP contribution in [-0.4, -0.2) is 26.4 Å². The lowest BCUT2D eigenvalue weighted by Crippen LogP contribution is -2.37. The number of thioether (sulfide) groups is 1. The number of nitrogens with zero attached hydrogens (tertiary/aromatic N) is 3. The second-order valence-corrected chi connectivity index (χ2v) is 7.68. The van der Waals surface area contributed by atoms with Crippen LogP contribution in [0.4, 0.5) is 0 Å². The molecule has 0 fully saturated rings. The molecule has 136 valence electrons. The molecule has 0 unspecified atom stereocenters. The predicted octanol–water partition coefficient (Wildman–Crippen LogP) is 4.91. The van der Waals surface area contributed by atoms with Gasteiger partial charge in [-0.15, -0.1) is 0 Å². The Morgan fingerprint density at radius 1 is 1.22 bits per heavy atom. The van der Waals surface area contributed by atoms with Crippen LogP contribution < -0.4 is 0 Å². The number of halogens is 1. The minimum atomic E-state index is -0.385. The maximum atomic E-state index is 12.5. The molecule has 0 saturated carbocycles. The van der Waals surface area contributed by atoms with Gasteiger partial charge in [-0.25, -0.2) is 0 Å². The summed E-state index contributed by atoms with van der Waals surface area (Å²) in [7, 11) is 0. The maximum absolute atomic E-state index is 12.5. The lowest BCUT2D eigenvalue weighted by atomic mass is 10.1. The number of hydrogen-bond acceptors (Lipinski definition) is 3. The van der Waals surface area contributed by atoms with Crippen LogP contribution in [0.5, 0.6) is 0 Å². The van der Waals surface area contributed by atoms with E-state index in [1.807, 2.05) is 56.5 Å². The van der Waals surface area contributed by atoms with E-state index in [0.29, 0.717) is 10.2 Å². The first-order valence-corrected chi connectivity index (χ1v) is 9.65. The molecular formula is C20H17ClN4OS. The summed E-state index contributed by atoms with van der Waals surface area (Å²) in [6.07, 6.45) is 1.75. The van der Waals surface area contributed by atoms with E-state index in [4.69, 9.17) is 17.0 Å². The molecule has 1 N–H and O–H groups in total. The van der Waals surface area contributed by atoms with Crippen LogP contribution in [0, 0.1) is 19.3 Å². The van der Waals surface area contributed by atoms with Crippen molar-refractivity contribution in [2.45, 2.75) is 20.8 Å². The highest BCUT2D eigenvalue weighted by atomic mass is 35.5. The third-order valence-corrected chi connectivity index (χ3v) is 5.91. The first-order valence-electron chi connectivity index (χ1n) is 8.39. The van der Waals surface area contributed by atoms with E-state index in [9.17, 15) is 4.79 Å². The van der Waals surface area contributed by atoms with E-state index in [1.54, 1.807) is 11.0 Å². The van der Waals surface area contributed by atoms with Crippen molar-refractivity contribution >= 4 is 46.3 Å². The number of allylic oxidation sites excluding steroid dienone is 1. The number of benzene rings is 1. The minimum Gasteiger partial charge on any atom is -0.316 e. The van der Waals surface area contributed by atoms with E-state index in [0.717, 1.165) is 28.3 Å². The average molecular weight is 397 g/mol. The van der Waals surface area contributed by atoms with E-state index in [1.165, 1.54) is 11.8 Å². The molecule has 0 bridgehead atoms. The SMILES string of the molecule is CC1=CSC2=NC(=O)/C(=C/c3cc(C)n(-c4ccccc4Cl)c3C)C(=N)N12. The number of aliphatic imine (C=N–C) groups is 1. The minimum absolute atomic E-state index is 0.159. The van der Waals surface area contributed by atoms with Gasteiger partial charge in [0.25, 0.3) is 5.91 Å². The van der Waals surface area contributed by atoms with Crippen LogP contribution in [0.1, 0.15) is 23.9 Å². The fourth-order valence-electron chi connectivity index (χ4n) is 3.33. The van der Waals surface area contributed by atoms with Gasteiger partial charge in [-0.05, 0) is 56.0 Å². The Labute approximate surface area is 166 Å². The van der Waals surface area contributed by atoms with Gasteiger partial charge in [0.2, 0.25) is 0 Å². The molecule has 7 heteroatoms. The van der Waals surface area contributed by atoms with Crippen molar-refractivity contribution in [3.8, 4) is 5.69 Å². The average Bonchev–Trinajstić information content (AvgIpc) is 3.12. The number of amides is 1. The Morgan fingerprint density at radius 3 is 2.70 bits per heavy atom. The Morgan fingerprint density at radius 2 is 1.96 bits per heavy atom. The molecule has 1 aromatic carbocycles. The van der Waals surface area contributed by atoms with Gasteiger partial charge in [0.05, 0.1) is 16.3 Å². The van der Waals surface area contributed by atoms with Crippen LogP contribution in [0.3, 0.4) is 0 Å². The van der Waals surface area contributed by atoms with Crippen molar-refractivity contribution in [1.29, 1.82) is 5.41 Å². The van der Waals surface area contributed by atoms with Gasteiger partial charge in [-0.1, -0.05) is 35.5 Å². The van der Waals surface area contributed by atoms with Crippen molar-refractivity contribution < 1.29 is 4.79 Å². The Balaban J connectivity index is 1.81. The summed E-state index contributed by atoms with van der Waals surface area (Å²) in [5.41, 5.74) is 4.88. The van der Waals surface area contributed by atoms with Gasteiger partial charge in [0.15, 0.2) is 5.17 Å². The Kier molecular flexibility index (Phi) is 4.32. The first kappa shape index (κ1) is 17.8. The highest BCUT2D eigenvalue weighted by Crippen LogP contribution is 2.33. The number of fused-ring (bicyclic) bond motifs is 1. The van der Waals surface area contributed by atoms with Crippen molar-refractivity contribution in [2.24, 2.45) is 4.99 Å². The zero-order valence-corrected chi connectivity index (χ0v) is 16.6. The highest BCUT2D eigenvalue weighted by molar-refractivity contribution is 8.16. The molecule has 27 heavy (non-hydrogen) atoms. The van der Waals surface area contributed by atoms with E-state index >= 15 is 0 Å². The molecule has 3 heterocycles. The van der Waals surface area contributed by atoms with Crippen LogP contribution in [0.2, 0.25) is 5.02 Å². The van der Waals surface area contributed by atoms with Gasteiger partial charge in [-0.2, -0.15) is 4.99 Å². The molecule has 1 aromatic heterocycles. The molecule has 0 radical (unpaired) electrons. The maximum Gasteiger partial charge on any atom is 0.283 e. The number of para-hydroxylation sites is 1. The zero-order valence-electron chi connectivity index (χ0n) is 15.1. The number of rotatable bonds is 2. The first-order chi connectivity index (χ1) is 12.9. The summed E-state index contributed by atoms with van der Waals surface area (Å²) in [5, 5.41) is 11.6. The normalized spacial score (nSPS) is 18.1. The number of nitrogens with one attached hydrogen (secondary N) is 1. The standard InChI is InChI=1S/C20H17ClN4OS/c1-11-8-14(13(3)24(11)17-7-5-4-6-16(17)21)9-15-18(22)25-12(2)10-27-20(25)23-19(15)26/h4-10,22H,1-3H3/b15-9+,22-18?. The van der Waals surface area contributed by atoms with Gasteiger partial charge >= 0.3 is 0 Å². The number of aryl methyl sites for hydroxylation is 1. The largest absolute Gasteiger partial charge is 0.316 e. The topological polar surface area (TPSA) is 61.5 Å². The summed E-state index contributed by atoms with van der Waals surface area (Å²) in [5.74, 6) is -0.226. The molecule has 1 amide bonds. The highest BCUT2D eigenvalue weighted by Gasteiger charge is 2.34. The second-order valence-electron chi connectivity index (χ2n) is 6.43. The number of amidine groups is 2. The van der Waals surface area contributed by atoms with Gasteiger partial charge in [0, 0.05) is 17.1 Å². The van der Waals surface area contributed by atoms with Crippen molar-refractivity contribution in [2.75, 3.05) is 0 Å². The molecule has 0 saturated heterocycles. The molecule has 5 nitrogen and oxygen atoms in total. The molecule has 2 aliphatic heterocycles. The monoisotopic (exact) mass is 396 g/mol. The van der Waals surface area contributed by atoms with Crippen LogP contribution in [0.25, 0.3) is 11.8 Å². The molecule has 4 rings (SSSR count). The van der Waals surface area contributed by atoms with E-state index < -0.39 is 0 Å². The number of hydrogen-bond donors (Lipinski definition) is 1. The number of aromatic nitrogens is 1. The summed E-state index contributed by atoms with van der Waals surface area (Å²) < 4.78 is 2.05. The van der Waals surface area contributed by atoms with Crippen molar-refractivity contribution in [1.82, 2.24) is 9.47 Å². The fraction of sp³-hybridized carbons (Fsp3) is 0.150. The van der Waals surface area contributed by atoms with Crippen LogP contribution in [0.15, 0.2) is 52.0 Å². The summed E-state index contributed by atoms with van der Waals surface area (Å²) in [6, 6.07) is 9.64.